The van der Waals surface area contributed by atoms with Crippen LogP contribution in [0, 0.1) is 12.3 Å². The van der Waals surface area contributed by atoms with Crippen LogP contribution in [0.15, 0.2) is 59.6 Å². The molecule has 0 aliphatic rings. The highest BCUT2D eigenvalue weighted by Gasteiger charge is 2.09. The number of aliphatic imine (C=N–C) groups is 1. The number of nitrogens with zero attached hydrogens (tertiary/aromatic N) is 2. The molecule has 0 atom stereocenters. The lowest BCUT2D eigenvalue weighted by molar-refractivity contribution is 1.01. The Morgan fingerprint density at radius 2 is 1.88 bits per heavy atom. The molecule has 0 spiro atoms. The van der Waals surface area contributed by atoms with Gasteiger partial charge in [0.25, 0.3) is 0 Å². The van der Waals surface area contributed by atoms with Crippen molar-refractivity contribution in [1.82, 2.24) is 3.96 Å². The molecule has 128 valence electrons. The molecule has 0 saturated carbocycles. The molecule has 2 N–H and O–H groups in total. The third-order valence-electron chi connectivity index (χ3n) is 3.42. The Hall–Kier alpha value is -2.08. The molecule has 0 fully saturated rings. The molecule has 1 aromatic heterocycles. The summed E-state index contributed by atoms with van der Waals surface area (Å²) in [6.45, 7) is 2.47. The fourth-order valence-corrected chi connectivity index (χ4v) is 3.33. The molecule has 0 radical (unpaired) electrons. The van der Waals surface area contributed by atoms with E-state index in [2.05, 4.69) is 10.3 Å². The summed E-state index contributed by atoms with van der Waals surface area (Å²) in [7, 11) is 0. The highest BCUT2D eigenvalue weighted by atomic mass is 35.5. The number of hydrogen-bond donors (Lipinski definition) is 2. The van der Waals surface area contributed by atoms with E-state index < -0.39 is 0 Å². The predicted octanol–water partition coefficient (Wildman–Crippen LogP) is 5.16. The Morgan fingerprint density at radius 1 is 1.12 bits per heavy atom. The molecular formula is C18H16Cl2N4S. The first-order chi connectivity index (χ1) is 12.0. The first-order valence-corrected chi connectivity index (χ1v) is 9.11. The number of benzene rings is 2. The fourth-order valence-electron chi connectivity index (χ4n) is 2.24. The molecule has 4 nitrogen and oxygen atoms in total. The first-order valence-electron chi connectivity index (χ1n) is 7.58. The van der Waals surface area contributed by atoms with Gasteiger partial charge in [0.15, 0.2) is 0 Å². The van der Waals surface area contributed by atoms with Crippen molar-refractivity contribution in [2.75, 3.05) is 5.32 Å². The predicted molar refractivity (Wildman–Crippen MR) is 106 cm³/mol. The molecule has 0 saturated heterocycles. The van der Waals surface area contributed by atoms with Gasteiger partial charge in [-0.25, -0.2) is 8.95 Å². The van der Waals surface area contributed by atoms with E-state index in [0.29, 0.717) is 28.0 Å². The van der Waals surface area contributed by atoms with Gasteiger partial charge in [0.2, 0.25) is 5.96 Å². The number of rotatable bonds is 3. The van der Waals surface area contributed by atoms with Crippen molar-refractivity contribution in [2.24, 2.45) is 4.99 Å². The van der Waals surface area contributed by atoms with Crippen LogP contribution in [0.2, 0.25) is 10.0 Å². The van der Waals surface area contributed by atoms with Crippen molar-refractivity contribution >= 4 is 46.4 Å². The van der Waals surface area contributed by atoms with Crippen LogP contribution in [0.1, 0.15) is 10.4 Å². The van der Waals surface area contributed by atoms with Crippen LogP contribution in [0.4, 0.5) is 5.69 Å². The Kier molecular flexibility index (Phi) is 5.58. The van der Waals surface area contributed by atoms with Gasteiger partial charge in [-0.1, -0.05) is 65.1 Å². The van der Waals surface area contributed by atoms with E-state index in [1.807, 2.05) is 43.3 Å². The smallest absolute Gasteiger partial charge is 0.218 e. The molecule has 0 bridgehead atoms. The number of halogens is 2. The van der Waals surface area contributed by atoms with Crippen LogP contribution in [0.25, 0.3) is 0 Å². The molecule has 3 aromatic rings. The van der Waals surface area contributed by atoms with Gasteiger partial charge < -0.3 is 5.32 Å². The number of aryl methyl sites for hydroxylation is 1. The van der Waals surface area contributed by atoms with Crippen molar-refractivity contribution in [3.63, 3.8) is 0 Å². The van der Waals surface area contributed by atoms with Crippen LogP contribution < -0.4 is 10.8 Å². The average molecular weight is 391 g/mol. The first kappa shape index (κ1) is 17.7. The molecule has 0 unspecified atom stereocenters. The fraction of sp³-hybridized carbons (Fsp3) is 0.111. The van der Waals surface area contributed by atoms with Gasteiger partial charge in [-0.3, -0.25) is 5.41 Å². The van der Waals surface area contributed by atoms with Crippen LogP contribution in [0.3, 0.4) is 0 Å². The molecule has 2 aromatic carbocycles. The second-order valence-electron chi connectivity index (χ2n) is 5.41. The number of hydrogen-bond acceptors (Lipinski definition) is 3. The maximum absolute atomic E-state index is 8.15. The lowest BCUT2D eigenvalue weighted by Gasteiger charge is -2.11. The zero-order valence-corrected chi connectivity index (χ0v) is 15.8. The highest BCUT2D eigenvalue weighted by Crippen LogP contribution is 2.25. The normalized spacial score (nSPS) is 11.6. The molecule has 3 rings (SSSR count). The van der Waals surface area contributed by atoms with Crippen LogP contribution in [-0.4, -0.2) is 9.92 Å². The second-order valence-corrected chi connectivity index (χ2v) is 7.41. The minimum absolute atomic E-state index is 0.377. The maximum Gasteiger partial charge on any atom is 0.218 e. The second kappa shape index (κ2) is 7.87. The Bertz CT molecular complexity index is 961. The van der Waals surface area contributed by atoms with Crippen molar-refractivity contribution in [2.45, 2.75) is 13.5 Å². The molecule has 7 heteroatoms. The molecule has 1 heterocycles. The van der Waals surface area contributed by atoms with E-state index in [9.17, 15) is 0 Å². The van der Waals surface area contributed by atoms with E-state index in [4.69, 9.17) is 28.6 Å². The van der Waals surface area contributed by atoms with Crippen LogP contribution >= 0.6 is 34.7 Å². The lowest BCUT2D eigenvalue weighted by atomic mass is 10.2. The summed E-state index contributed by atoms with van der Waals surface area (Å²) in [5, 5.41) is 12.4. The van der Waals surface area contributed by atoms with Gasteiger partial charge in [0, 0.05) is 10.6 Å². The third kappa shape index (κ3) is 4.51. The molecular weight excluding hydrogens is 375 g/mol. The van der Waals surface area contributed by atoms with Gasteiger partial charge in [0.05, 0.1) is 16.6 Å². The van der Waals surface area contributed by atoms with Crippen molar-refractivity contribution < 1.29 is 0 Å². The number of aromatic nitrogens is 1. The standard InChI is InChI=1S/C18H16Cl2N4S/c1-12-9-17(21)24(25-12)18(22-11-13-5-3-2-4-6-13)23-14-7-8-15(19)16(20)10-14/h2-10,21H,11H2,1H3,(H,22,23). The Morgan fingerprint density at radius 3 is 2.52 bits per heavy atom. The summed E-state index contributed by atoms with van der Waals surface area (Å²) in [6.07, 6.45) is 0. The highest BCUT2D eigenvalue weighted by molar-refractivity contribution is 7.07. The summed E-state index contributed by atoms with van der Waals surface area (Å²) in [6, 6.07) is 17.1. The summed E-state index contributed by atoms with van der Waals surface area (Å²) < 4.78 is 1.75. The maximum atomic E-state index is 8.15. The van der Waals surface area contributed by atoms with E-state index in [1.165, 1.54) is 11.5 Å². The van der Waals surface area contributed by atoms with E-state index in [-0.39, 0.29) is 0 Å². The summed E-state index contributed by atoms with van der Waals surface area (Å²) >= 11 is 13.5. The third-order valence-corrected chi connectivity index (χ3v) is 5.11. The van der Waals surface area contributed by atoms with Gasteiger partial charge in [-0.05, 0) is 36.8 Å². The monoisotopic (exact) mass is 390 g/mol. The van der Waals surface area contributed by atoms with E-state index in [0.717, 1.165) is 16.1 Å². The number of nitrogens with one attached hydrogen (secondary N) is 2. The van der Waals surface area contributed by atoms with Gasteiger partial charge in [-0.2, -0.15) is 0 Å². The minimum Gasteiger partial charge on any atom is -0.325 e. The average Bonchev–Trinajstić information content (AvgIpc) is 2.94. The topological polar surface area (TPSA) is 53.2 Å². The molecule has 0 amide bonds. The largest absolute Gasteiger partial charge is 0.325 e. The molecule has 0 aliphatic carbocycles. The van der Waals surface area contributed by atoms with E-state index in [1.54, 1.807) is 22.2 Å². The van der Waals surface area contributed by atoms with Crippen LogP contribution in [0.5, 0.6) is 0 Å². The zero-order chi connectivity index (χ0) is 17.8. The summed E-state index contributed by atoms with van der Waals surface area (Å²) in [5.74, 6) is 0.574. The number of anilines is 1. The van der Waals surface area contributed by atoms with Crippen molar-refractivity contribution in [3.8, 4) is 0 Å². The van der Waals surface area contributed by atoms with E-state index >= 15 is 0 Å². The Labute approximate surface area is 160 Å². The quantitative estimate of drug-likeness (QED) is 0.470. The zero-order valence-electron chi connectivity index (χ0n) is 13.5. The minimum atomic E-state index is 0.377. The molecule has 0 aliphatic heterocycles. The SMILES string of the molecule is Cc1cc(=N)n(C(=NCc2ccccc2)Nc2ccc(Cl)c(Cl)c2)s1. The summed E-state index contributed by atoms with van der Waals surface area (Å²) in [5.41, 5.74) is 2.23. The van der Waals surface area contributed by atoms with Gasteiger partial charge in [0.1, 0.15) is 5.49 Å². The van der Waals surface area contributed by atoms with Crippen LogP contribution in [-0.2, 0) is 6.54 Å². The Balaban J connectivity index is 1.95. The summed E-state index contributed by atoms with van der Waals surface area (Å²) in [4.78, 5) is 5.70. The van der Waals surface area contributed by atoms with Crippen molar-refractivity contribution in [1.29, 1.82) is 5.41 Å². The van der Waals surface area contributed by atoms with Crippen molar-refractivity contribution in [3.05, 3.63) is 80.6 Å². The molecule has 25 heavy (non-hydrogen) atoms. The van der Waals surface area contributed by atoms with Gasteiger partial charge >= 0.3 is 0 Å². The lowest BCUT2D eigenvalue weighted by Crippen LogP contribution is -2.28. The van der Waals surface area contributed by atoms with Gasteiger partial charge in [-0.15, -0.1) is 0 Å².